The molecule has 1 aliphatic rings. The van der Waals surface area contributed by atoms with E-state index in [4.69, 9.17) is 0 Å². The smallest absolute Gasteiger partial charge is 0.254 e. The molecule has 0 saturated carbocycles. The van der Waals surface area contributed by atoms with Crippen LogP contribution >= 0.6 is 0 Å². The normalized spacial score (nSPS) is 15.5. The molecule has 1 aliphatic heterocycles. The highest BCUT2D eigenvalue weighted by atomic mass is 19.1. The number of H-pyrrole nitrogens is 1. The SMILES string of the molecule is CC(C)c1nc2c(c(=O)[nH]1)CCN(Cc1ccccc1F)CC2. The van der Waals surface area contributed by atoms with Crippen LogP contribution in [0.3, 0.4) is 0 Å². The topological polar surface area (TPSA) is 49.0 Å². The average Bonchev–Trinajstić information content (AvgIpc) is 2.72. The number of rotatable bonds is 3. The van der Waals surface area contributed by atoms with Crippen LogP contribution in [0.1, 0.15) is 42.4 Å². The van der Waals surface area contributed by atoms with E-state index in [1.165, 1.54) is 6.07 Å². The number of fused-ring (bicyclic) bond motifs is 1. The lowest BCUT2D eigenvalue weighted by molar-refractivity contribution is 0.274. The highest BCUT2D eigenvalue weighted by molar-refractivity contribution is 5.22. The Kier molecular flexibility index (Phi) is 4.57. The van der Waals surface area contributed by atoms with Crippen LogP contribution in [0.5, 0.6) is 0 Å². The zero-order chi connectivity index (χ0) is 16.4. The van der Waals surface area contributed by atoms with Crippen molar-refractivity contribution in [3.05, 3.63) is 63.1 Å². The standard InChI is InChI=1S/C18H22FN3O/c1-12(2)17-20-16-8-10-22(9-7-14(16)18(23)21-17)11-13-5-3-4-6-15(13)19/h3-6,12H,7-11H2,1-2H3,(H,20,21,23). The fraction of sp³-hybridized carbons (Fsp3) is 0.444. The molecular weight excluding hydrogens is 293 g/mol. The van der Waals surface area contributed by atoms with Crippen LogP contribution in [-0.4, -0.2) is 28.0 Å². The highest BCUT2D eigenvalue weighted by Gasteiger charge is 2.20. The number of nitrogens with zero attached hydrogens (tertiary/aromatic N) is 2. The van der Waals surface area contributed by atoms with Gasteiger partial charge in [-0.05, 0) is 12.5 Å². The summed E-state index contributed by atoms with van der Waals surface area (Å²) in [5.41, 5.74) is 2.36. The molecule has 2 aromatic rings. The molecular formula is C18H22FN3O. The molecule has 1 N–H and O–H groups in total. The summed E-state index contributed by atoms with van der Waals surface area (Å²) in [6, 6.07) is 6.86. The van der Waals surface area contributed by atoms with E-state index >= 15 is 0 Å². The van der Waals surface area contributed by atoms with Crippen molar-refractivity contribution in [1.29, 1.82) is 0 Å². The van der Waals surface area contributed by atoms with Crippen molar-refractivity contribution in [3.63, 3.8) is 0 Å². The number of benzene rings is 1. The Morgan fingerprint density at radius 2 is 2.00 bits per heavy atom. The summed E-state index contributed by atoms with van der Waals surface area (Å²) in [4.78, 5) is 22.0. The first-order chi connectivity index (χ1) is 11.0. The number of hydrogen-bond acceptors (Lipinski definition) is 3. The maximum Gasteiger partial charge on any atom is 0.254 e. The van der Waals surface area contributed by atoms with Crippen LogP contribution in [0.4, 0.5) is 4.39 Å². The van der Waals surface area contributed by atoms with E-state index in [-0.39, 0.29) is 17.3 Å². The number of aromatic amines is 1. The largest absolute Gasteiger partial charge is 0.310 e. The van der Waals surface area contributed by atoms with Crippen LogP contribution in [0.15, 0.2) is 29.1 Å². The average molecular weight is 315 g/mol. The summed E-state index contributed by atoms with van der Waals surface area (Å²) in [5, 5.41) is 0. The molecule has 2 heterocycles. The molecule has 0 atom stereocenters. The first-order valence-corrected chi connectivity index (χ1v) is 8.12. The van der Waals surface area contributed by atoms with Crippen molar-refractivity contribution in [2.24, 2.45) is 0 Å². The van der Waals surface area contributed by atoms with Crippen LogP contribution < -0.4 is 5.56 Å². The molecule has 0 saturated heterocycles. The van der Waals surface area contributed by atoms with Crippen molar-refractivity contribution >= 4 is 0 Å². The van der Waals surface area contributed by atoms with Gasteiger partial charge in [0.2, 0.25) is 0 Å². The van der Waals surface area contributed by atoms with Crippen LogP contribution in [0.2, 0.25) is 0 Å². The van der Waals surface area contributed by atoms with E-state index in [1.54, 1.807) is 6.07 Å². The van der Waals surface area contributed by atoms with Crippen molar-refractivity contribution in [2.45, 2.75) is 39.2 Å². The minimum Gasteiger partial charge on any atom is -0.310 e. The van der Waals surface area contributed by atoms with Crippen LogP contribution in [0, 0.1) is 5.82 Å². The molecule has 4 nitrogen and oxygen atoms in total. The van der Waals surface area contributed by atoms with Gasteiger partial charge >= 0.3 is 0 Å². The molecule has 0 spiro atoms. The molecule has 0 amide bonds. The van der Waals surface area contributed by atoms with E-state index in [0.29, 0.717) is 18.5 Å². The van der Waals surface area contributed by atoms with Gasteiger partial charge in [-0.2, -0.15) is 0 Å². The van der Waals surface area contributed by atoms with Crippen molar-refractivity contribution < 1.29 is 4.39 Å². The van der Waals surface area contributed by atoms with Gasteiger partial charge in [-0.3, -0.25) is 9.69 Å². The van der Waals surface area contributed by atoms with Crippen molar-refractivity contribution in [1.82, 2.24) is 14.9 Å². The Hall–Kier alpha value is -2.01. The highest BCUT2D eigenvalue weighted by Crippen LogP contribution is 2.16. The Balaban J connectivity index is 1.79. The van der Waals surface area contributed by atoms with Gasteiger partial charge in [-0.25, -0.2) is 9.37 Å². The van der Waals surface area contributed by atoms with E-state index in [0.717, 1.165) is 36.6 Å². The predicted molar refractivity (Wildman–Crippen MR) is 88.0 cm³/mol. The van der Waals surface area contributed by atoms with Gasteiger partial charge < -0.3 is 4.98 Å². The van der Waals surface area contributed by atoms with Gasteiger partial charge in [0.05, 0.1) is 5.69 Å². The molecule has 0 fully saturated rings. The van der Waals surface area contributed by atoms with Gasteiger partial charge in [0.25, 0.3) is 5.56 Å². The maximum absolute atomic E-state index is 13.8. The fourth-order valence-corrected chi connectivity index (χ4v) is 2.97. The van der Waals surface area contributed by atoms with E-state index in [9.17, 15) is 9.18 Å². The molecule has 122 valence electrons. The summed E-state index contributed by atoms with van der Waals surface area (Å²) < 4.78 is 13.8. The summed E-state index contributed by atoms with van der Waals surface area (Å²) in [7, 11) is 0. The second-order valence-corrected chi connectivity index (χ2v) is 6.40. The monoisotopic (exact) mass is 315 g/mol. The van der Waals surface area contributed by atoms with Crippen molar-refractivity contribution in [3.8, 4) is 0 Å². The zero-order valence-corrected chi connectivity index (χ0v) is 13.6. The molecule has 3 rings (SSSR count). The first-order valence-electron chi connectivity index (χ1n) is 8.12. The summed E-state index contributed by atoms with van der Waals surface area (Å²) >= 11 is 0. The molecule has 0 aliphatic carbocycles. The third-order valence-electron chi connectivity index (χ3n) is 4.36. The minimum absolute atomic E-state index is 0.0218. The first kappa shape index (κ1) is 15.9. The Bertz CT molecular complexity index is 754. The van der Waals surface area contributed by atoms with Gasteiger partial charge in [0.1, 0.15) is 11.6 Å². The second kappa shape index (κ2) is 6.62. The van der Waals surface area contributed by atoms with E-state index in [2.05, 4.69) is 14.9 Å². The second-order valence-electron chi connectivity index (χ2n) is 6.40. The maximum atomic E-state index is 13.8. The van der Waals surface area contributed by atoms with E-state index in [1.807, 2.05) is 26.0 Å². The molecule has 1 aromatic heterocycles. The molecule has 5 heteroatoms. The van der Waals surface area contributed by atoms with Crippen LogP contribution in [-0.2, 0) is 19.4 Å². The van der Waals surface area contributed by atoms with Crippen LogP contribution in [0.25, 0.3) is 0 Å². The van der Waals surface area contributed by atoms with Gasteiger partial charge in [-0.1, -0.05) is 32.0 Å². The zero-order valence-electron chi connectivity index (χ0n) is 13.6. The fourth-order valence-electron chi connectivity index (χ4n) is 2.97. The Labute approximate surface area is 135 Å². The Morgan fingerprint density at radius 3 is 2.74 bits per heavy atom. The number of halogens is 1. The van der Waals surface area contributed by atoms with Gasteiger partial charge in [0.15, 0.2) is 0 Å². The molecule has 1 aromatic carbocycles. The summed E-state index contributed by atoms with van der Waals surface area (Å²) in [6.07, 6.45) is 1.39. The van der Waals surface area contributed by atoms with Crippen molar-refractivity contribution in [2.75, 3.05) is 13.1 Å². The molecule has 0 bridgehead atoms. The number of hydrogen-bond donors (Lipinski definition) is 1. The molecule has 0 unspecified atom stereocenters. The summed E-state index contributed by atoms with van der Waals surface area (Å²) in [6.45, 7) is 6.13. The molecule has 0 radical (unpaired) electrons. The lowest BCUT2D eigenvalue weighted by Gasteiger charge is -2.19. The molecule has 23 heavy (non-hydrogen) atoms. The lowest BCUT2D eigenvalue weighted by atomic mass is 10.1. The third-order valence-corrected chi connectivity index (χ3v) is 4.36. The van der Waals surface area contributed by atoms with E-state index < -0.39 is 0 Å². The Morgan fingerprint density at radius 1 is 1.26 bits per heavy atom. The number of aromatic nitrogens is 2. The van der Waals surface area contributed by atoms with Gasteiger partial charge in [0, 0.05) is 43.1 Å². The minimum atomic E-state index is -0.174. The third kappa shape index (κ3) is 3.50. The quantitative estimate of drug-likeness (QED) is 0.947. The summed E-state index contributed by atoms with van der Waals surface area (Å²) in [5.74, 6) is 0.773. The van der Waals surface area contributed by atoms with Gasteiger partial charge in [-0.15, -0.1) is 0 Å². The number of nitrogens with one attached hydrogen (secondary N) is 1. The lowest BCUT2D eigenvalue weighted by Crippen LogP contribution is -2.26. The predicted octanol–water partition coefficient (Wildman–Crippen LogP) is 2.63.